The average molecular weight is 290 g/mol. The highest BCUT2D eigenvalue weighted by atomic mass is 35.5. The SMILES string of the molecule is O=C(NC1Cc2ccccc2C1)c1cc(Cl)ccc1F. The Morgan fingerprint density at radius 3 is 2.45 bits per heavy atom. The maximum Gasteiger partial charge on any atom is 0.254 e. The molecule has 1 amide bonds. The molecule has 1 aliphatic rings. The summed E-state index contributed by atoms with van der Waals surface area (Å²) in [6.07, 6.45) is 1.56. The smallest absolute Gasteiger partial charge is 0.254 e. The molecule has 0 saturated carbocycles. The molecule has 0 bridgehead atoms. The van der Waals surface area contributed by atoms with Gasteiger partial charge in [0, 0.05) is 11.1 Å². The lowest BCUT2D eigenvalue weighted by atomic mass is 10.1. The van der Waals surface area contributed by atoms with Gasteiger partial charge >= 0.3 is 0 Å². The highest BCUT2D eigenvalue weighted by molar-refractivity contribution is 6.31. The van der Waals surface area contributed by atoms with E-state index in [0.29, 0.717) is 5.02 Å². The summed E-state index contributed by atoms with van der Waals surface area (Å²) in [6, 6.07) is 12.1. The minimum atomic E-state index is -0.553. The van der Waals surface area contributed by atoms with Gasteiger partial charge in [0.25, 0.3) is 5.91 Å². The van der Waals surface area contributed by atoms with Crippen molar-refractivity contribution in [2.45, 2.75) is 18.9 Å². The molecule has 0 unspecified atom stereocenters. The maximum absolute atomic E-state index is 13.6. The Hall–Kier alpha value is -1.87. The molecule has 0 heterocycles. The van der Waals surface area contributed by atoms with E-state index in [1.165, 1.54) is 29.3 Å². The predicted molar refractivity (Wildman–Crippen MR) is 76.5 cm³/mol. The fraction of sp³-hybridized carbons (Fsp3) is 0.188. The molecule has 2 aromatic carbocycles. The Morgan fingerprint density at radius 1 is 1.15 bits per heavy atom. The van der Waals surface area contributed by atoms with Gasteiger partial charge in [-0.15, -0.1) is 0 Å². The first-order chi connectivity index (χ1) is 9.63. The van der Waals surface area contributed by atoms with Crippen LogP contribution in [0, 0.1) is 5.82 Å². The van der Waals surface area contributed by atoms with Crippen LogP contribution in [0.1, 0.15) is 21.5 Å². The van der Waals surface area contributed by atoms with Gasteiger partial charge in [-0.25, -0.2) is 4.39 Å². The fourth-order valence-corrected chi connectivity index (χ4v) is 2.77. The molecule has 2 aromatic rings. The minimum absolute atomic E-state index is 0.00606. The number of benzene rings is 2. The maximum atomic E-state index is 13.6. The van der Waals surface area contributed by atoms with E-state index in [0.717, 1.165) is 12.8 Å². The van der Waals surface area contributed by atoms with E-state index < -0.39 is 11.7 Å². The summed E-state index contributed by atoms with van der Waals surface area (Å²) in [7, 11) is 0. The van der Waals surface area contributed by atoms with Gasteiger partial charge in [-0.05, 0) is 42.2 Å². The summed E-state index contributed by atoms with van der Waals surface area (Å²) < 4.78 is 13.6. The average Bonchev–Trinajstić information content (AvgIpc) is 2.83. The van der Waals surface area contributed by atoms with Crippen molar-refractivity contribution >= 4 is 17.5 Å². The Bertz CT molecular complexity index is 646. The third-order valence-electron chi connectivity index (χ3n) is 3.56. The van der Waals surface area contributed by atoms with Gasteiger partial charge in [0.2, 0.25) is 0 Å². The van der Waals surface area contributed by atoms with Crippen LogP contribution >= 0.6 is 11.6 Å². The van der Waals surface area contributed by atoms with Crippen LogP contribution in [-0.4, -0.2) is 11.9 Å². The third-order valence-corrected chi connectivity index (χ3v) is 3.79. The molecule has 4 heteroatoms. The van der Waals surface area contributed by atoms with E-state index in [2.05, 4.69) is 17.4 Å². The zero-order chi connectivity index (χ0) is 14.1. The second-order valence-corrected chi connectivity index (χ2v) is 5.41. The van der Waals surface area contributed by atoms with E-state index in [1.54, 1.807) is 0 Å². The van der Waals surface area contributed by atoms with E-state index in [4.69, 9.17) is 11.6 Å². The number of rotatable bonds is 2. The number of halogens is 2. The highest BCUT2D eigenvalue weighted by Crippen LogP contribution is 2.22. The molecule has 102 valence electrons. The van der Waals surface area contributed by atoms with E-state index in [1.807, 2.05) is 12.1 Å². The molecule has 20 heavy (non-hydrogen) atoms. The molecule has 0 radical (unpaired) electrons. The fourth-order valence-electron chi connectivity index (χ4n) is 2.60. The molecule has 0 atom stereocenters. The number of amides is 1. The summed E-state index contributed by atoms with van der Waals surface area (Å²) in [5.74, 6) is -0.967. The van der Waals surface area contributed by atoms with Crippen molar-refractivity contribution in [1.82, 2.24) is 5.32 Å². The first-order valence-corrected chi connectivity index (χ1v) is 6.84. The predicted octanol–water partition coefficient (Wildman–Crippen LogP) is 3.38. The van der Waals surface area contributed by atoms with Crippen LogP contribution in [0.2, 0.25) is 5.02 Å². The second kappa shape index (κ2) is 5.25. The lowest BCUT2D eigenvalue weighted by Crippen LogP contribution is -2.35. The number of carbonyl (C=O) groups is 1. The number of hydrogen-bond acceptors (Lipinski definition) is 1. The largest absolute Gasteiger partial charge is 0.349 e. The first-order valence-electron chi connectivity index (χ1n) is 6.46. The van der Waals surface area contributed by atoms with Crippen molar-refractivity contribution in [3.05, 3.63) is 70.0 Å². The van der Waals surface area contributed by atoms with Crippen LogP contribution < -0.4 is 5.32 Å². The topological polar surface area (TPSA) is 29.1 Å². The molecular formula is C16H13ClFNO. The molecule has 0 fully saturated rings. The summed E-state index contributed by atoms with van der Waals surface area (Å²) in [5.41, 5.74) is 2.47. The zero-order valence-corrected chi connectivity index (χ0v) is 11.5. The van der Waals surface area contributed by atoms with Crippen LogP contribution in [0.5, 0.6) is 0 Å². The Kier molecular flexibility index (Phi) is 3.45. The molecular weight excluding hydrogens is 277 g/mol. The van der Waals surface area contributed by atoms with Gasteiger partial charge in [0.15, 0.2) is 0 Å². The third kappa shape index (κ3) is 2.54. The zero-order valence-electron chi connectivity index (χ0n) is 10.7. The molecule has 0 aromatic heterocycles. The van der Waals surface area contributed by atoms with Gasteiger partial charge in [0.1, 0.15) is 5.82 Å². The standard InChI is InChI=1S/C16H13ClFNO/c17-12-5-6-15(18)14(9-12)16(20)19-13-7-10-3-1-2-4-11(10)8-13/h1-6,9,13H,7-8H2,(H,19,20). The van der Waals surface area contributed by atoms with E-state index in [-0.39, 0.29) is 11.6 Å². The Labute approximate surface area is 121 Å². The Morgan fingerprint density at radius 2 is 1.80 bits per heavy atom. The number of fused-ring (bicyclic) bond motifs is 1. The van der Waals surface area contributed by atoms with Gasteiger partial charge in [-0.1, -0.05) is 35.9 Å². The number of carbonyl (C=O) groups excluding carboxylic acids is 1. The van der Waals surface area contributed by atoms with Gasteiger partial charge in [-0.3, -0.25) is 4.79 Å². The first kappa shape index (κ1) is 13.1. The summed E-state index contributed by atoms with van der Waals surface area (Å²) in [4.78, 5) is 12.1. The van der Waals surface area contributed by atoms with Gasteiger partial charge in [0.05, 0.1) is 5.56 Å². The lowest BCUT2D eigenvalue weighted by Gasteiger charge is -2.12. The summed E-state index contributed by atoms with van der Waals surface area (Å²) >= 11 is 5.80. The summed E-state index contributed by atoms with van der Waals surface area (Å²) in [6.45, 7) is 0. The lowest BCUT2D eigenvalue weighted by molar-refractivity contribution is 0.0934. The molecule has 0 saturated heterocycles. The minimum Gasteiger partial charge on any atom is -0.349 e. The molecule has 1 N–H and O–H groups in total. The van der Waals surface area contributed by atoms with Crippen molar-refractivity contribution in [2.75, 3.05) is 0 Å². The molecule has 2 nitrogen and oxygen atoms in total. The van der Waals surface area contributed by atoms with Crippen molar-refractivity contribution in [2.24, 2.45) is 0 Å². The number of hydrogen-bond donors (Lipinski definition) is 1. The quantitative estimate of drug-likeness (QED) is 0.902. The molecule has 0 spiro atoms. The molecule has 0 aliphatic heterocycles. The number of nitrogens with one attached hydrogen (secondary N) is 1. The normalized spacial score (nSPS) is 14.1. The second-order valence-electron chi connectivity index (χ2n) is 4.97. The van der Waals surface area contributed by atoms with Crippen LogP contribution in [-0.2, 0) is 12.8 Å². The highest BCUT2D eigenvalue weighted by Gasteiger charge is 2.23. The van der Waals surface area contributed by atoms with E-state index >= 15 is 0 Å². The van der Waals surface area contributed by atoms with Crippen molar-refractivity contribution in [3.8, 4) is 0 Å². The van der Waals surface area contributed by atoms with Crippen LogP contribution in [0.15, 0.2) is 42.5 Å². The summed E-state index contributed by atoms with van der Waals surface area (Å²) in [5, 5.41) is 3.23. The van der Waals surface area contributed by atoms with E-state index in [9.17, 15) is 9.18 Å². The Balaban J connectivity index is 1.74. The molecule has 1 aliphatic carbocycles. The van der Waals surface area contributed by atoms with Crippen molar-refractivity contribution in [1.29, 1.82) is 0 Å². The molecule has 3 rings (SSSR count). The van der Waals surface area contributed by atoms with Crippen molar-refractivity contribution in [3.63, 3.8) is 0 Å². The van der Waals surface area contributed by atoms with Crippen molar-refractivity contribution < 1.29 is 9.18 Å². The van der Waals surface area contributed by atoms with Crippen LogP contribution in [0.25, 0.3) is 0 Å². The van der Waals surface area contributed by atoms with Gasteiger partial charge in [-0.2, -0.15) is 0 Å². The van der Waals surface area contributed by atoms with Crippen LogP contribution in [0.4, 0.5) is 4.39 Å². The van der Waals surface area contributed by atoms with Gasteiger partial charge < -0.3 is 5.32 Å². The van der Waals surface area contributed by atoms with Crippen LogP contribution in [0.3, 0.4) is 0 Å². The monoisotopic (exact) mass is 289 g/mol.